The number of carbonyl (C=O) groups excluding carboxylic acids is 1. The van der Waals surface area contributed by atoms with Crippen LogP contribution < -0.4 is 15.6 Å². The fourth-order valence-corrected chi connectivity index (χ4v) is 4.54. The van der Waals surface area contributed by atoms with Gasteiger partial charge in [-0.3, -0.25) is 14.9 Å². The van der Waals surface area contributed by atoms with Crippen LogP contribution in [0.4, 0.5) is 5.69 Å². The molecule has 3 N–H and O–H groups in total. The number of benzene rings is 1. The second kappa shape index (κ2) is 7.90. The molecule has 2 aromatic rings. The van der Waals surface area contributed by atoms with Crippen molar-refractivity contribution in [3.8, 4) is 0 Å². The van der Waals surface area contributed by atoms with Gasteiger partial charge in [-0.25, -0.2) is 8.42 Å². The van der Waals surface area contributed by atoms with Gasteiger partial charge in [0, 0.05) is 25.2 Å². The third-order valence-electron chi connectivity index (χ3n) is 3.92. The Kier molecular flexibility index (Phi) is 5.60. The van der Waals surface area contributed by atoms with Gasteiger partial charge in [-0.05, 0) is 36.7 Å². The van der Waals surface area contributed by atoms with Gasteiger partial charge in [0.15, 0.2) is 0 Å². The van der Waals surface area contributed by atoms with Crippen molar-refractivity contribution in [1.29, 1.82) is 0 Å². The van der Waals surface area contributed by atoms with Crippen molar-refractivity contribution in [1.82, 2.24) is 15.8 Å². The number of para-hydroxylation sites is 1. The van der Waals surface area contributed by atoms with Crippen LogP contribution in [0, 0.1) is 0 Å². The lowest BCUT2D eigenvalue weighted by Gasteiger charge is -2.23. The van der Waals surface area contributed by atoms with Crippen molar-refractivity contribution < 1.29 is 13.2 Å². The summed E-state index contributed by atoms with van der Waals surface area (Å²) in [6.07, 6.45) is 2.82. The Balaban J connectivity index is 1.71. The van der Waals surface area contributed by atoms with E-state index >= 15 is 0 Å². The molecule has 1 amide bonds. The SMILES string of the molecule is CN1CC=C(NNC(=O)c2ccccc2NS(=O)(=O)c2cccs2)CC1. The van der Waals surface area contributed by atoms with E-state index in [1.54, 1.807) is 35.7 Å². The van der Waals surface area contributed by atoms with Crippen LogP contribution in [0.5, 0.6) is 0 Å². The lowest BCUT2D eigenvalue weighted by molar-refractivity contribution is 0.0938. The highest BCUT2D eigenvalue weighted by Crippen LogP contribution is 2.22. The second-order valence-electron chi connectivity index (χ2n) is 5.90. The quantitative estimate of drug-likeness (QED) is 0.654. The number of hydrogen-bond donors (Lipinski definition) is 3. The van der Waals surface area contributed by atoms with Gasteiger partial charge in [-0.15, -0.1) is 11.3 Å². The zero-order valence-corrected chi connectivity index (χ0v) is 15.9. The first-order chi connectivity index (χ1) is 12.5. The monoisotopic (exact) mass is 392 g/mol. The van der Waals surface area contributed by atoms with Gasteiger partial charge in [0.25, 0.3) is 15.9 Å². The maximum Gasteiger partial charge on any atom is 0.271 e. The average molecular weight is 393 g/mol. The smallest absolute Gasteiger partial charge is 0.271 e. The molecule has 0 fully saturated rings. The van der Waals surface area contributed by atoms with E-state index in [2.05, 4.69) is 20.5 Å². The number of rotatable bonds is 6. The molecule has 138 valence electrons. The minimum absolute atomic E-state index is 0.197. The summed E-state index contributed by atoms with van der Waals surface area (Å²) < 4.78 is 27.5. The van der Waals surface area contributed by atoms with Crippen molar-refractivity contribution in [2.75, 3.05) is 24.9 Å². The number of anilines is 1. The van der Waals surface area contributed by atoms with Gasteiger partial charge in [0.05, 0.1) is 11.3 Å². The molecule has 7 nitrogen and oxygen atoms in total. The molecule has 1 aromatic carbocycles. The summed E-state index contributed by atoms with van der Waals surface area (Å²) in [5.74, 6) is -0.408. The molecule has 9 heteroatoms. The zero-order chi connectivity index (χ0) is 18.6. The predicted octanol–water partition coefficient (Wildman–Crippen LogP) is 2.00. The Morgan fingerprint density at radius 1 is 1.19 bits per heavy atom. The Labute approximate surface area is 156 Å². The summed E-state index contributed by atoms with van der Waals surface area (Å²) in [6.45, 7) is 1.72. The van der Waals surface area contributed by atoms with E-state index in [4.69, 9.17) is 0 Å². The summed E-state index contributed by atoms with van der Waals surface area (Å²) in [4.78, 5) is 14.7. The van der Waals surface area contributed by atoms with Gasteiger partial charge in [0.1, 0.15) is 4.21 Å². The molecule has 0 bridgehead atoms. The maximum absolute atomic E-state index is 12.5. The van der Waals surface area contributed by atoms with Crippen LogP contribution in [0.3, 0.4) is 0 Å². The molecule has 1 aromatic heterocycles. The van der Waals surface area contributed by atoms with Gasteiger partial charge in [-0.2, -0.15) is 0 Å². The summed E-state index contributed by atoms with van der Waals surface area (Å²) in [6, 6.07) is 9.69. The number of nitrogens with zero attached hydrogens (tertiary/aromatic N) is 1. The van der Waals surface area contributed by atoms with Crippen molar-refractivity contribution >= 4 is 33.0 Å². The maximum atomic E-state index is 12.5. The molecule has 1 aliphatic rings. The highest BCUT2D eigenvalue weighted by molar-refractivity contribution is 7.94. The second-order valence-corrected chi connectivity index (χ2v) is 8.76. The fraction of sp³-hybridized carbons (Fsp3) is 0.235. The molecule has 0 saturated heterocycles. The Morgan fingerprint density at radius 2 is 2.00 bits per heavy atom. The minimum atomic E-state index is -3.72. The number of carbonyl (C=O) groups is 1. The molecule has 26 heavy (non-hydrogen) atoms. The van der Waals surface area contributed by atoms with Crippen molar-refractivity contribution in [2.24, 2.45) is 0 Å². The van der Waals surface area contributed by atoms with Gasteiger partial charge in [0.2, 0.25) is 0 Å². The van der Waals surface area contributed by atoms with Crippen LogP contribution in [0.2, 0.25) is 0 Å². The number of hydrogen-bond acceptors (Lipinski definition) is 6. The van der Waals surface area contributed by atoms with Crippen molar-refractivity contribution in [3.63, 3.8) is 0 Å². The van der Waals surface area contributed by atoms with E-state index in [0.29, 0.717) is 0 Å². The molecule has 0 spiro atoms. The number of likely N-dealkylation sites (N-methyl/N-ethyl adjacent to an activating group) is 1. The topological polar surface area (TPSA) is 90.5 Å². The Bertz CT molecular complexity index is 908. The van der Waals surface area contributed by atoms with Crippen LogP contribution >= 0.6 is 11.3 Å². The first-order valence-electron chi connectivity index (χ1n) is 8.05. The van der Waals surface area contributed by atoms with E-state index < -0.39 is 15.9 Å². The van der Waals surface area contributed by atoms with Gasteiger partial charge >= 0.3 is 0 Å². The summed E-state index contributed by atoms with van der Waals surface area (Å²) in [7, 11) is -1.69. The summed E-state index contributed by atoms with van der Waals surface area (Å²) >= 11 is 1.12. The Morgan fingerprint density at radius 3 is 2.69 bits per heavy atom. The fourth-order valence-electron chi connectivity index (χ4n) is 2.47. The Hall–Kier alpha value is -2.36. The first kappa shape index (κ1) is 18.4. The van der Waals surface area contributed by atoms with Crippen molar-refractivity contribution in [2.45, 2.75) is 10.6 Å². The zero-order valence-electron chi connectivity index (χ0n) is 14.2. The molecular formula is C17H20N4O3S2. The largest absolute Gasteiger partial charge is 0.303 e. The highest BCUT2D eigenvalue weighted by atomic mass is 32.2. The third-order valence-corrected chi connectivity index (χ3v) is 6.69. The molecule has 0 atom stereocenters. The average Bonchev–Trinajstić information content (AvgIpc) is 3.17. The molecule has 0 saturated carbocycles. The van der Waals surface area contributed by atoms with E-state index in [0.717, 1.165) is 36.5 Å². The van der Waals surface area contributed by atoms with Gasteiger partial charge in [-0.1, -0.05) is 18.2 Å². The highest BCUT2D eigenvalue weighted by Gasteiger charge is 2.19. The number of thiophene rings is 1. The van der Waals surface area contributed by atoms with E-state index in [9.17, 15) is 13.2 Å². The number of sulfonamides is 1. The third kappa shape index (κ3) is 4.43. The molecule has 1 aliphatic heterocycles. The predicted molar refractivity (Wildman–Crippen MR) is 102 cm³/mol. The van der Waals surface area contributed by atoms with Crippen LogP contribution in [-0.4, -0.2) is 39.4 Å². The minimum Gasteiger partial charge on any atom is -0.303 e. The standard InChI is InChI=1S/C17H20N4O3S2/c1-21-10-8-13(9-11-21)18-19-17(22)14-5-2-3-6-15(14)20-26(23,24)16-7-4-12-25-16/h2-8,12,18,20H,9-11H2,1H3,(H,19,22). The van der Waals surface area contributed by atoms with E-state index in [1.165, 1.54) is 6.07 Å². The van der Waals surface area contributed by atoms with E-state index in [1.807, 2.05) is 13.1 Å². The normalized spacial score (nSPS) is 15.2. The molecule has 3 rings (SSSR count). The molecule has 2 heterocycles. The van der Waals surface area contributed by atoms with Crippen LogP contribution in [0.25, 0.3) is 0 Å². The van der Waals surface area contributed by atoms with Crippen LogP contribution in [-0.2, 0) is 10.0 Å². The summed E-state index contributed by atoms with van der Waals surface area (Å²) in [5.41, 5.74) is 6.97. The lowest BCUT2D eigenvalue weighted by atomic mass is 10.2. The number of nitrogens with one attached hydrogen (secondary N) is 3. The molecule has 0 radical (unpaired) electrons. The first-order valence-corrected chi connectivity index (χ1v) is 10.4. The molecule has 0 aliphatic carbocycles. The van der Waals surface area contributed by atoms with Crippen molar-refractivity contribution in [3.05, 3.63) is 59.1 Å². The van der Waals surface area contributed by atoms with E-state index in [-0.39, 0.29) is 15.5 Å². The lowest BCUT2D eigenvalue weighted by Crippen LogP contribution is -2.39. The summed E-state index contributed by atoms with van der Waals surface area (Å²) in [5, 5.41) is 1.69. The molecular weight excluding hydrogens is 372 g/mol. The van der Waals surface area contributed by atoms with Crippen LogP contribution in [0.15, 0.2) is 57.8 Å². The molecule has 0 unspecified atom stereocenters. The number of hydrazine groups is 1. The van der Waals surface area contributed by atoms with Crippen LogP contribution in [0.1, 0.15) is 16.8 Å². The van der Waals surface area contributed by atoms with Gasteiger partial charge < -0.3 is 10.3 Å². The number of amides is 1.